The average molecular weight is 504 g/mol. The summed E-state index contributed by atoms with van der Waals surface area (Å²) < 4.78 is 102. The highest BCUT2D eigenvalue weighted by atomic mass is 19.2. The lowest BCUT2D eigenvalue weighted by Crippen LogP contribution is -2.15. The molecule has 0 radical (unpaired) electrons. The second-order valence-electron chi connectivity index (χ2n) is 9.67. The molecule has 0 atom stereocenters. The zero-order chi connectivity index (χ0) is 25.7. The predicted octanol–water partition coefficient (Wildman–Crippen LogP) is 9.71. The van der Waals surface area contributed by atoms with Crippen LogP contribution in [0, 0.1) is 46.6 Å². The van der Waals surface area contributed by atoms with Crippen LogP contribution in [0.2, 0.25) is 0 Å². The third-order valence-electron chi connectivity index (χ3n) is 7.47. The minimum atomic E-state index is -1.82. The predicted molar refractivity (Wildman–Crippen MR) is 126 cm³/mol. The Bertz CT molecular complexity index is 1480. The normalized spacial score (nSPS) is 18.3. The highest BCUT2D eigenvalue weighted by Crippen LogP contribution is 2.42. The van der Waals surface area contributed by atoms with Crippen LogP contribution in [-0.4, -0.2) is 0 Å². The van der Waals surface area contributed by atoms with Crippen molar-refractivity contribution < 1.29 is 30.7 Å². The summed E-state index contributed by atoms with van der Waals surface area (Å²) in [6.07, 6.45) is 5.53. The first-order chi connectivity index (χ1) is 17.2. The van der Waals surface area contributed by atoms with Crippen LogP contribution in [0.1, 0.15) is 56.9 Å². The van der Waals surface area contributed by atoms with Crippen molar-refractivity contribution in [2.75, 3.05) is 0 Å². The number of rotatable bonds is 4. The van der Waals surface area contributed by atoms with E-state index in [4.69, 9.17) is 0 Å². The first-order valence-electron chi connectivity index (χ1n) is 12.1. The van der Waals surface area contributed by atoms with E-state index in [0.717, 1.165) is 50.7 Å². The van der Waals surface area contributed by atoms with Crippen molar-refractivity contribution in [3.05, 3.63) is 82.7 Å². The van der Waals surface area contributed by atoms with Crippen molar-refractivity contribution >= 4 is 21.5 Å². The smallest absolute Gasteiger partial charge is 0.195 e. The van der Waals surface area contributed by atoms with Crippen LogP contribution in [0.3, 0.4) is 0 Å². The van der Waals surface area contributed by atoms with Gasteiger partial charge in [-0.2, -0.15) is 0 Å². The Morgan fingerprint density at radius 1 is 0.639 bits per heavy atom. The molecule has 1 aliphatic rings. The van der Waals surface area contributed by atoms with Crippen LogP contribution in [0.4, 0.5) is 30.7 Å². The molecule has 7 heteroatoms. The van der Waals surface area contributed by atoms with Gasteiger partial charge in [0.25, 0.3) is 0 Å². The third-order valence-corrected chi connectivity index (χ3v) is 7.47. The molecular formula is C29H23F7. The Balaban J connectivity index is 1.59. The summed E-state index contributed by atoms with van der Waals surface area (Å²) in [6, 6.07) is 6.60. The van der Waals surface area contributed by atoms with Gasteiger partial charge in [0.05, 0.1) is 10.8 Å². The molecule has 0 heterocycles. The lowest BCUT2D eigenvalue weighted by atomic mass is 9.76. The summed E-state index contributed by atoms with van der Waals surface area (Å²) in [5, 5.41) is -1.53. The Morgan fingerprint density at radius 2 is 1.33 bits per heavy atom. The fraction of sp³-hybridized carbons (Fsp3) is 0.310. The molecule has 0 N–H and O–H groups in total. The van der Waals surface area contributed by atoms with Crippen molar-refractivity contribution in [2.45, 2.75) is 51.4 Å². The first-order valence-corrected chi connectivity index (χ1v) is 12.1. The second kappa shape index (κ2) is 9.41. The van der Waals surface area contributed by atoms with Crippen molar-refractivity contribution in [1.82, 2.24) is 0 Å². The fourth-order valence-electron chi connectivity index (χ4n) is 5.64. The van der Waals surface area contributed by atoms with Gasteiger partial charge in [0.1, 0.15) is 11.6 Å². The van der Waals surface area contributed by atoms with Crippen molar-refractivity contribution in [3.8, 4) is 11.1 Å². The lowest BCUT2D eigenvalue weighted by Gasteiger charge is -2.29. The minimum absolute atomic E-state index is 0.150. The zero-order valence-corrected chi connectivity index (χ0v) is 19.5. The van der Waals surface area contributed by atoms with E-state index in [9.17, 15) is 17.6 Å². The fourth-order valence-corrected chi connectivity index (χ4v) is 5.64. The highest BCUT2D eigenvalue weighted by Gasteiger charge is 2.28. The molecule has 5 rings (SSSR count). The molecule has 0 nitrogen and oxygen atoms in total. The summed E-state index contributed by atoms with van der Waals surface area (Å²) in [5.41, 5.74) is -0.200. The highest BCUT2D eigenvalue weighted by molar-refractivity contribution is 5.93. The van der Waals surface area contributed by atoms with Gasteiger partial charge in [-0.15, -0.1) is 0 Å². The molecule has 4 aromatic rings. The molecule has 0 unspecified atom stereocenters. The molecule has 188 valence electrons. The van der Waals surface area contributed by atoms with Crippen molar-refractivity contribution in [2.24, 2.45) is 5.92 Å². The van der Waals surface area contributed by atoms with Crippen LogP contribution in [0.15, 0.2) is 36.4 Å². The molecule has 1 aliphatic carbocycles. The third kappa shape index (κ3) is 4.02. The maximum Gasteiger partial charge on any atom is 0.195 e. The van der Waals surface area contributed by atoms with Crippen LogP contribution in [0.5, 0.6) is 0 Å². The van der Waals surface area contributed by atoms with Crippen LogP contribution >= 0.6 is 0 Å². The van der Waals surface area contributed by atoms with Gasteiger partial charge in [-0.3, -0.25) is 0 Å². The largest absolute Gasteiger partial charge is 0.206 e. The Labute approximate surface area is 203 Å². The van der Waals surface area contributed by atoms with E-state index in [0.29, 0.717) is 12.0 Å². The van der Waals surface area contributed by atoms with Gasteiger partial charge in [-0.05, 0) is 83.7 Å². The Morgan fingerprint density at radius 3 is 2.03 bits per heavy atom. The van der Waals surface area contributed by atoms with Gasteiger partial charge in [-0.1, -0.05) is 31.9 Å². The lowest BCUT2D eigenvalue weighted by molar-refractivity contribution is 0.303. The number of hydrogen-bond donors (Lipinski definition) is 0. The molecule has 0 bridgehead atoms. The average Bonchev–Trinajstić information content (AvgIpc) is 2.85. The van der Waals surface area contributed by atoms with E-state index < -0.39 is 51.5 Å². The second-order valence-corrected chi connectivity index (χ2v) is 9.67. The van der Waals surface area contributed by atoms with Gasteiger partial charge in [0.15, 0.2) is 29.1 Å². The van der Waals surface area contributed by atoms with Crippen LogP contribution in [-0.2, 0) is 0 Å². The van der Waals surface area contributed by atoms with E-state index in [1.54, 1.807) is 0 Å². The Hall–Kier alpha value is -3.09. The van der Waals surface area contributed by atoms with Gasteiger partial charge < -0.3 is 0 Å². The number of benzene rings is 4. The molecule has 0 saturated heterocycles. The van der Waals surface area contributed by atoms with E-state index >= 15 is 13.2 Å². The summed E-state index contributed by atoms with van der Waals surface area (Å²) in [7, 11) is 0. The topological polar surface area (TPSA) is 0 Å². The van der Waals surface area contributed by atoms with E-state index in [1.807, 2.05) is 0 Å². The van der Waals surface area contributed by atoms with Gasteiger partial charge in [-0.25, -0.2) is 30.7 Å². The van der Waals surface area contributed by atoms with E-state index in [1.165, 1.54) is 18.2 Å². The maximum absolute atomic E-state index is 15.5. The SMILES string of the molecule is CCCC1CCC(c2cc3ccc(-c4cc(F)c5c(F)c(F)c(F)cc5c4)c(F)c3c(F)c2F)CC1. The van der Waals surface area contributed by atoms with Crippen molar-refractivity contribution in [3.63, 3.8) is 0 Å². The molecular weight excluding hydrogens is 481 g/mol. The molecule has 0 spiro atoms. The molecule has 1 saturated carbocycles. The zero-order valence-electron chi connectivity index (χ0n) is 19.5. The van der Waals surface area contributed by atoms with Gasteiger partial charge in [0, 0.05) is 5.56 Å². The molecule has 0 aliphatic heterocycles. The van der Waals surface area contributed by atoms with Crippen molar-refractivity contribution in [1.29, 1.82) is 0 Å². The number of halogens is 7. The molecule has 36 heavy (non-hydrogen) atoms. The summed E-state index contributed by atoms with van der Waals surface area (Å²) in [6.45, 7) is 2.12. The Kier molecular flexibility index (Phi) is 6.43. The quantitative estimate of drug-likeness (QED) is 0.192. The monoisotopic (exact) mass is 504 g/mol. The molecule has 0 amide bonds. The van der Waals surface area contributed by atoms with E-state index in [2.05, 4.69) is 6.92 Å². The van der Waals surface area contributed by atoms with Crippen LogP contribution < -0.4 is 0 Å². The van der Waals surface area contributed by atoms with Gasteiger partial charge in [0.2, 0.25) is 0 Å². The standard InChI is InChI=1S/C29H23F7/c1-2-3-14-4-6-15(7-5-14)20-11-16-8-9-19(25(32)24(16)29(36)26(20)33)17-10-18-13-22(31)27(34)28(35)23(18)21(30)12-17/h8-15H,2-7H2,1H3. The summed E-state index contributed by atoms with van der Waals surface area (Å²) >= 11 is 0. The molecule has 4 aromatic carbocycles. The molecule has 0 aromatic heterocycles. The summed E-state index contributed by atoms with van der Waals surface area (Å²) in [5.74, 6) is -9.39. The number of hydrogen-bond acceptors (Lipinski definition) is 0. The molecule has 1 fully saturated rings. The minimum Gasteiger partial charge on any atom is -0.206 e. The summed E-state index contributed by atoms with van der Waals surface area (Å²) in [4.78, 5) is 0. The maximum atomic E-state index is 15.5. The number of fused-ring (bicyclic) bond motifs is 2. The van der Waals surface area contributed by atoms with E-state index in [-0.39, 0.29) is 33.4 Å². The van der Waals surface area contributed by atoms with Crippen LogP contribution in [0.25, 0.3) is 32.7 Å². The van der Waals surface area contributed by atoms with Gasteiger partial charge >= 0.3 is 0 Å². The first kappa shape index (κ1) is 24.6.